The highest BCUT2D eigenvalue weighted by Gasteiger charge is 2.59. The molecule has 8 atom stereocenters. The molecule has 0 amide bonds. The monoisotopic (exact) mass is 706 g/mol. The standard InChI is InChI=1S/C47H62O5/c1-29(2)12-11-13-30(3)39-19-20-40-37-17-16-34-27-35(22-24-46(34,6)41(37)23-25-47(39,40)7)51-43(48)28-50-42-21-18-36-31(4)38(26-33-14-9-8-10-15-33)45(49)52-44(36)32(42)5/h8-10,14-16,18,21,29-30,35,37,39-41H,11-13,17,19-20,22-28H2,1-7H3/t30-,35+,37+,39-,40-,41+,46+,47-/m1/s1. The molecule has 280 valence electrons. The summed E-state index contributed by atoms with van der Waals surface area (Å²) in [5, 5.41) is 0.883. The summed E-state index contributed by atoms with van der Waals surface area (Å²) < 4.78 is 17.9. The molecule has 0 aliphatic heterocycles. The third-order valence-corrected chi connectivity index (χ3v) is 14.8. The number of benzene rings is 2. The lowest BCUT2D eigenvalue weighted by Gasteiger charge is -2.58. The second-order valence-electron chi connectivity index (χ2n) is 18.2. The average Bonchev–Trinajstić information content (AvgIpc) is 3.48. The Morgan fingerprint density at radius 1 is 0.923 bits per heavy atom. The average molecular weight is 707 g/mol. The molecule has 7 rings (SSSR count). The van der Waals surface area contributed by atoms with Crippen LogP contribution in [0.5, 0.6) is 5.75 Å². The molecule has 3 saturated carbocycles. The van der Waals surface area contributed by atoms with E-state index in [1.54, 1.807) is 0 Å². The number of ether oxygens (including phenoxy) is 2. The zero-order chi connectivity index (χ0) is 36.8. The maximum Gasteiger partial charge on any atom is 0.344 e. The van der Waals surface area contributed by atoms with E-state index in [1.165, 1.54) is 56.9 Å². The predicted molar refractivity (Wildman–Crippen MR) is 210 cm³/mol. The Kier molecular flexibility index (Phi) is 10.5. The Bertz CT molecular complexity index is 1850. The summed E-state index contributed by atoms with van der Waals surface area (Å²) in [6.07, 6.45) is 16.7. The number of hydrogen-bond donors (Lipinski definition) is 0. The van der Waals surface area contributed by atoms with E-state index in [0.29, 0.717) is 34.3 Å². The van der Waals surface area contributed by atoms with Crippen LogP contribution in [0.2, 0.25) is 0 Å². The molecule has 0 radical (unpaired) electrons. The second-order valence-corrected chi connectivity index (χ2v) is 18.2. The number of aryl methyl sites for hydroxylation is 2. The summed E-state index contributed by atoms with van der Waals surface area (Å²) in [7, 11) is 0. The van der Waals surface area contributed by atoms with Crippen LogP contribution in [0.15, 0.2) is 63.3 Å². The first kappa shape index (κ1) is 37.0. The lowest BCUT2D eigenvalue weighted by atomic mass is 9.47. The van der Waals surface area contributed by atoms with Gasteiger partial charge in [0, 0.05) is 29.4 Å². The molecule has 1 aromatic heterocycles. The first-order valence-electron chi connectivity index (χ1n) is 20.5. The number of esters is 1. The van der Waals surface area contributed by atoms with Crippen molar-refractivity contribution < 1.29 is 18.7 Å². The fourth-order valence-corrected chi connectivity index (χ4v) is 11.8. The van der Waals surface area contributed by atoms with Gasteiger partial charge >= 0.3 is 11.6 Å². The summed E-state index contributed by atoms with van der Waals surface area (Å²) >= 11 is 0. The van der Waals surface area contributed by atoms with Gasteiger partial charge in [0.1, 0.15) is 17.4 Å². The van der Waals surface area contributed by atoms with Gasteiger partial charge < -0.3 is 13.9 Å². The topological polar surface area (TPSA) is 65.7 Å². The van der Waals surface area contributed by atoms with Crippen molar-refractivity contribution in [3.63, 3.8) is 0 Å². The van der Waals surface area contributed by atoms with Crippen molar-refractivity contribution in [2.24, 2.45) is 46.3 Å². The first-order chi connectivity index (χ1) is 24.9. The van der Waals surface area contributed by atoms with E-state index >= 15 is 0 Å². The maximum atomic E-state index is 13.2. The molecular weight excluding hydrogens is 645 g/mol. The van der Waals surface area contributed by atoms with Gasteiger partial charge in [-0.3, -0.25) is 0 Å². The van der Waals surface area contributed by atoms with Gasteiger partial charge in [0.2, 0.25) is 0 Å². The van der Waals surface area contributed by atoms with E-state index in [4.69, 9.17) is 13.9 Å². The molecule has 3 fully saturated rings. The van der Waals surface area contributed by atoms with Crippen LogP contribution in [-0.2, 0) is 16.0 Å². The minimum Gasteiger partial charge on any atom is -0.481 e. The van der Waals surface area contributed by atoms with Crippen molar-refractivity contribution in [3.05, 3.63) is 86.8 Å². The molecule has 0 bridgehead atoms. The Labute approximate surface area is 311 Å². The third kappa shape index (κ3) is 6.91. The van der Waals surface area contributed by atoms with Gasteiger partial charge in [-0.15, -0.1) is 0 Å². The van der Waals surface area contributed by atoms with E-state index in [1.807, 2.05) is 56.3 Å². The van der Waals surface area contributed by atoms with Crippen LogP contribution in [-0.4, -0.2) is 18.7 Å². The molecule has 5 nitrogen and oxygen atoms in total. The number of hydrogen-bond acceptors (Lipinski definition) is 5. The summed E-state index contributed by atoms with van der Waals surface area (Å²) in [6, 6.07) is 13.8. The number of allylic oxidation sites excluding steroid dienone is 1. The molecule has 4 aliphatic carbocycles. The van der Waals surface area contributed by atoms with Crippen LogP contribution >= 0.6 is 0 Å². The van der Waals surface area contributed by atoms with Crippen LogP contribution < -0.4 is 10.4 Å². The molecule has 0 saturated heterocycles. The fourth-order valence-electron chi connectivity index (χ4n) is 11.8. The Morgan fingerprint density at radius 2 is 1.71 bits per heavy atom. The van der Waals surface area contributed by atoms with Crippen molar-refractivity contribution in [2.45, 2.75) is 132 Å². The zero-order valence-electron chi connectivity index (χ0n) is 32.9. The highest BCUT2D eigenvalue weighted by Crippen LogP contribution is 2.67. The molecule has 5 heteroatoms. The van der Waals surface area contributed by atoms with Crippen LogP contribution in [0.25, 0.3) is 11.0 Å². The number of fused-ring (bicyclic) bond motifs is 6. The predicted octanol–water partition coefficient (Wildman–Crippen LogP) is 11.3. The maximum absolute atomic E-state index is 13.2. The number of rotatable bonds is 11. The normalized spacial score (nSPS) is 30.3. The number of carbonyl (C=O) groups excluding carboxylic acids is 1. The lowest BCUT2D eigenvalue weighted by molar-refractivity contribution is -0.153. The second kappa shape index (κ2) is 14.8. The Morgan fingerprint density at radius 3 is 2.48 bits per heavy atom. The molecule has 52 heavy (non-hydrogen) atoms. The SMILES string of the molecule is Cc1c(Cc2ccccc2)c(=O)oc2c(C)c(OCC(=O)O[C@H]3CC[C@@]4(C)C(=CC[C@H]5[C@H]6CC[C@H]([C@H](C)CCCC(C)C)[C@@]6(C)CC[C@@H]54)C3)ccc12. The minimum absolute atomic E-state index is 0.107. The van der Waals surface area contributed by atoms with E-state index < -0.39 is 0 Å². The highest BCUT2D eigenvalue weighted by molar-refractivity contribution is 5.86. The molecule has 0 spiro atoms. The van der Waals surface area contributed by atoms with Gasteiger partial charge in [-0.25, -0.2) is 9.59 Å². The van der Waals surface area contributed by atoms with Crippen molar-refractivity contribution >= 4 is 16.9 Å². The summed E-state index contributed by atoms with van der Waals surface area (Å²) in [5.41, 5.74) is 5.76. The largest absolute Gasteiger partial charge is 0.481 e. The van der Waals surface area contributed by atoms with Gasteiger partial charge in [-0.1, -0.05) is 95.9 Å². The molecule has 0 unspecified atom stereocenters. The quantitative estimate of drug-likeness (QED) is 0.113. The van der Waals surface area contributed by atoms with Crippen LogP contribution in [0.1, 0.15) is 128 Å². The van der Waals surface area contributed by atoms with Crippen molar-refractivity contribution in [1.29, 1.82) is 0 Å². The molecule has 4 aliphatic rings. The van der Waals surface area contributed by atoms with Crippen molar-refractivity contribution in [1.82, 2.24) is 0 Å². The third-order valence-electron chi connectivity index (χ3n) is 14.8. The summed E-state index contributed by atoms with van der Waals surface area (Å²) in [4.78, 5) is 26.2. The first-order valence-corrected chi connectivity index (χ1v) is 20.5. The lowest BCUT2D eigenvalue weighted by Crippen LogP contribution is -2.51. The van der Waals surface area contributed by atoms with Crippen molar-refractivity contribution in [3.8, 4) is 5.75 Å². The van der Waals surface area contributed by atoms with E-state index in [9.17, 15) is 9.59 Å². The molecule has 1 heterocycles. The molecular formula is C47H62O5. The van der Waals surface area contributed by atoms with Gasteiger partial charge in [0.15, 0.2) is 6.61 Å². The van der Waals surface area contributed by atoms with E-state index in [2.05, 4.69) is 40.7 Å². The van der Waals surface area contributed by atoms with Crippen LogP contribution in [0.4, 0.5) is 0 Å². The molecule has 3 aromatic rings. The molecule has 2 aromatic carbocycles. The van der Waals surface area contributed by atoms with Crippen molar-refractivity contribution in [2.75, 3.05) is 6.61 Å². The van der Waals surface area contributed by atoms with Gasteiger partial charge in [-0.2, -0.15) is 0 Å². The summed E-state index contributed by atoms with van der Waals surface area (Å²) in [6.45, 7) is 16.2. The van der Waals surface area contributed by atoms with Gasteiger partial charge in [0.25, 0.3) is 0 Å². The summed E-state index contributed by atoms with van der Waals surface area (Å²) in [5.74, 6) is 5.09. The van der Waals surface area contributed by atoms with Crippen LogP contribution in [0, 0.1) is 60.2 Å². The van der Waals surface area contributed by atoms with E-state index in [0.717, 1.165) is 71.3 Å². The Hall–Kier alpha value is -3.34. The van der Waals surface area contributed by atoms with E-state index in [-0.39, 0.29) is 29.7 Å². The molecule has 0 N–H and O–H groups in total. The van der Waals surface area contributed by atoms with Crippen LogP contribution in [0.3, 0.4) is 0 Å². The highest BCUT2D eigenvalue weighted by atomic mass is 16.6. The minimum atomic E-state index is -0.342. The zero-order valence-corrected chi connectivity index (χ0v) is 32.9. The fraction of sp³-hybridized carbons (Fsp3) is 0.617. The Balaban J connectivity index is 0.961. The van der Waals surface area contributed by atoms with Gasteiger partial charge in [0.05, 0.1) is 0 Å². The smallest absolute Gasteiger partial charge is 0.344 e. The van der Waals surface area contributed by atoms with Gasteiger partial charge in [-0.05, 0) is 128 Å². The number of carbonyl (C=O) groups is 1.